The number of hydrogen-bond acceptors (Lipinski definition) is 6. The van der Waals surface area contributed by atoms with Crippen LogP contribution >= 0.6 is 0 Å². The molecule has 1 aliphatic rings. The van der Waals surface area contributed by atoms with E-state index in [-0.39, 0.29) is 23.5 Å². The van der Waals surface area contributed by atoms with Gasteiger partial charge in [0.2, 0.25) is 15.9 Å². The molecule has 10 heteroatoms. The van der Waals surface area contributed by atoms with Gasteiger partial charge in [-0.05, 0) is 30.5 Å². The van der Waals surface area contributed by atoms with Crippen LogP contribution in [0.4, 0.5) is 0 Å². The Labute approximate surface area is 186 Å². The molecule has 1 amide bonds. The Hall–Kier alpha value is -3.08. The molecule has 3 N–H and O–H groups in total. The fourth-order valence-corrected chi connectivity index (χ4v) is 4.53. The van der Waals surface area contributed by atoms with Gasteiger partial charge in [-0.3, -0.25) is 4.79 Å². The number of benzene rings is 2. The minimum Gasteiger partial charge on any atom is -0.394 e. The van der Waals surface area contributed by atoms with Crippen LogP contribution in [0.2, 0.25) is 0 Å². The standard InChI is InChI=1S/C22H25N5O4S/c23-32(30,31)19-10-8-17(9-11-19)20-14-27(25-24-20)21(13-16-5-2-1-3-6-16)22(29)26-12-4-7-18(26)15-28/h1-3,5-6,8-11,14,18,21,28H,4,7,12-13,15H2,(H2,23,30,31). The number of carbonyl (C=O) groups excluding carboxylic acids is 1. The maximum atomic E-state index is 13.5. The number of nitrogens with zero attached hydrogens (tertiary/aromatic N) is 4. The van der Waals surface area contributed by atoms with Gasteiger partial charge in [0.1, 0.15) is 11.7 Å². The summed E-state index contributed by atoms with van der Waals surface area (Å²) >= 11 is 0. The monoisotopic (exact) mass is 455 g/mol. The van der Waals surface area contributed by atoms with Crippen LogP contribution in [0.3, 0.4) is 0 Å². The molecule has 1 aliphatic heterocycles. The van der Waals surface area contributed by atoms with Gasteiger partial charge in [-0.1, -0.05) is 47.7 Å². The van der Waals surface area contributed by atoms with Crippen molar-refractivity contribution in [3.63, 3.8) is 0 Å². The van der Waals surface area contributed by atoms with Crippen molar-refractivity contribution >= 4 is 15.9 Å². The molecule has 0 saturated carbocycles. The summed E-state index contributed by atoms with van der Waals surface area (Å²) in [5.74, 6) is -0.105. The third-order valence-electron chi connectivity index (χ3n) is 5.74. The highest BCUT2D eigenvalue weighted by Gasteiger charge is 2.34. The van der Waals surface area contributed by atoms with Crippen molar-refractivity contribution in [2.75, 3.05) is 13.2 Å². The second-order valence-corrected chi connectivity index (χ2v) is 9.43. The predicted molar refractivity (Wildman–Crippen MR) is 118 cm³/mol. The van der Waals surface area contributed by atoms with E-state index < -0.39 is 16.1 Å². The van der Waals surface area contributed by atoms with E-state index in [1.807, 2.05) is 30.3 Å². The number of carbonyl (C=O) groups is 1. The lowest BCUT2D eigenvalue weighted by Crippen LogP contribution is -2.42. The normalized spacial score (nSPS) is 17.4. The van der Waals surface area contributed by atoms with Crippen LogP contribution in [-0.4, -0.2) is 58.5 Å². The molecule has 32 heavy (non-hydrogen) atoms. The smallest absolute Gasteiger partial charge is 0.248 e. The van der Waals surface area contributed by atoms with Gasteiger partial charge in [-0.2, -0.15) is 0 Å². The van der Waals surface area contributed by atoms with Crippen LogP contribution in [0.1, 0.15) is 24.4 Å². The zero-order valence-electron chi connectivity index (χ0n) is 17.4. The van der Waals surface area contributed by atoms with Crippen LogP contribution in [0.25, 0.3) is 11.3 Å². The average molecular weight is 456 g/mol. The summed E-state index contributed by atoms with van der Waals surface area (Å²) in [6.45, 7) is 0.536. The zero-order valence-corrected chi connectivity index (χ0v) is 18.2. The minimum atomic E-state index is -3.78. The van der Waals surface area contributed by atoms with Crippen molar-refractivity contribution < 1.29 is 18.3 Å². The number of hydrogen-bond donors (Lipinski definition) is 2. The lowest BCUT2D eigenvalue weighted by atomic mass is 10.0. The number of aliphatic hydroxyl groups is 1. The van der Waals surface area contributed by atoms with Crippen molar-refractivity contribution in [3.05, 3.63) is 66.4 Å². The molecule has 168 valence electrons. The second-order valence-electron chi connectivity index (χ2n) is 7.87. The molecule has 0 radical (unpaired) electrons. The first-order valence-corrected chi connectivity index (χ1v) is 11.9. The van der Waals surface area contributed by atoms with E-state index in [2.05, 4.69) is 10.3 Å². The van der Waals surface area contributed by atoms with E-state index in [9.17, 15) is 18.3 Å². The maximum absolute atomic E-state index is 13.5. The largest absolute Gasteiger partial charge is 0.394 e. The topological polar surface area (TPSA) is 131 Å². The van der Waals surface area contributed by atoms with Gasteiger partial charge in [0, 0.05) is 18.5 Å². The Morgan fingerprint density at radius 2 is 1.88 bits per heavy atom. The number of aromatic nitrogens is 3. The summed E-state index contributed by atoms with van der Waals surface area (Å²) in [7, 11) is -3.78. The second kappa shape index (κ2) is 9.19. The predicted octanol–water partition coefficient (Wildman–Crippen LogP) is 1.36. The molecule has 4 rings (SSSR count). The quantitative estimate of drug-likeness (QED) is 0.553. The van der Waals surface area contributed by atoms with Crippen molar-refractivity contribution in [1.82, 2.24) is 19.9 Å². The summed E-state index contributed by atoms with van der Waals surface area (Å²) in [6.07, 6.45) is 3.75. The van der Waals surface area contributed by atoms with Crippen LogP contribution in [0, 0.1) is 0 Å². The molecule has 2 heterocycles. The molecule has 2 aromatic carbocycles. The summed E-state index contributed by atoms with van der Waals surface area (Å²) in [6, 6.07) is 14.9. The van der Waals surface area contributed by atoms with Crippen LogP contribution in [0.15, 0.2) is 65.7 Å². The van der Waals surface area contributed by atoms with Gasteiger partial charge in [0.25, 0.3) is 0 Å². The molecule has 1 fully saturated rings. The molecule has 2 atom stereocenters. The molecule has 0 aliphatic carbocycles. The molecule has 2 unspecified atom stereocenters. The van der Waals surface area contributed by atoms with Gasteiger partial charge >= 0.3 is 0 Å². The molecule has 9 nitrogen and oxygen atoms in total. The SMILES string of the molecule is NS(=O)(=O)c1ccc(-c2cn(C(Cc3ccccc3)C(=O)N3CCCC3CO)nn2)cc1. The Morgan fingerprint density at radius 3 is 2.53 bits per heavy atom. The molecular formula is C22H25N5O4S. The van der Waals surface area contributed by atoms with E-state index in [4.69, 9.17) is 5.14 Å². The van der Waals surface area contributed by atoms with Crippen LogP contribution in [-0.2, 0) is 21.2 Å². The third kappa shape index (κ3) is 4.72. The molecule has 1 aromatic heterocycles. The highest BCUT2D eigenvalue weighted by molar-refractivity contribution is 7.89. The van der Waals surface area contributed by atoms with E-state index in [1.54, 1.807) is 27.9 Å². The van der Waals surface area contributed by atoms with Crippen molar-refractivity contribution in [2.45, 2.75) is 36.2 Å². The number of sulfonamides is 1. The first-order chi connectivity index (χ1) is 15.4. The molecule has 3 aromatic rings. The minimum absolute atomic E-state index is 0.00912. The van der Waals surface area contributed by atoms with Crippen molar-refractivity contribution in [1.29, 1.82) is 0 Å². The van der Waals surface area contributed by atoms with E-state index >= 15 is 0 Å². The van der Waals surface area contributed by atoms with Gasteiger partial charge in [-0.25, -0.2) is 18.2 Å². The van der Waals surface area contributed by atoms with Crippen LogP contribution < -0.4 is 5.14 Å². The molecular weight excluding hydrogens is 430 g/mol. The number of likely N-dealkylation sites (tertiary alicyclic amines) is 1. The number of amides is 1. The highest BCUT2D eigenvalue weighted by Crippen LogP contribution is 2.26. The summed E-state index contributed by atoms with van der Waals surface area (Å²) in [5, 5.41) is 23.3. The lowest BCUT2D eigenvalue weighted by molar-refractivity contribution is -0.136. The summed E-state index contributed by atoms with van der Waals surface area (Å²) in [5.41, 5.74) is 2.15. The number of nitrogens with two attached hydrogens (primary N) is 1. The van der Waals surface area contributed by atoms with Crippen LogP contribution in [0.5, 0.6) is 0 Å². The fraction of sp³-hybridized carbons (Fsp3) is 0.318. The Kier molecular flexibility index (Phi) is 6.35. The summed E-state index contributed by atoms with van der Waals surface area (Å²) in [4.78, 5) is 15.2. The molecule has 0 spiro atoms. The Bertz CT molecular complexity index is 1180. The van der Waals surface area contributed by atoms with Gasteiger partial charge in [-0.15, -0.1) is 5.10 Å². The van der Waals surface area contributed by atoms with Gasteiger partial charge < -0.3 is 10.0 Å². The van der Waals surface area contributed by atoms with E-state index in [0.717, 1.165) is 18.4 Å². The third-order valence-corrected chi connectivity index (χ3v) is 6.67. The van der Waals surface area contributed by atoms with E-state index in [0.29, 0.717) is 24.2 Å². The first kappa shape index (κ1) is 22.1. The van der Waals surface area contributed by atoms with Crippen molar-refractivity contribution in [2.24, 2.45) is 5.14 Å². The van der Waals surface area contributed by atoms with Crippen molar-refractivity contribution in [3.8, 4) is 11.3 Å². The Morgan fingerprint density at radius 1 is 1.16 bits per heavy atom. The Balaban J connectivity index is 1.64. The van der Waals surface area contributed by atoms with E-state index in [1.165, 1.54) is 12.1 Å². The van der Waals surface area contributed by atoms with Gasteiger partial charge in [0.15, 0.2) is 0 Å². The number of rotatable bonds is 7. The fourth-order valence-electron chi connectivity index (χ4n) is 4.02. The number of aliphatic hydroxyl groups excluding tert-OH is 1. The van der Waals surface area contributed by atoms with Gasteiger partial charge in [0.05, 0.1) is 23.7 Å². The zero-order chi connectivity index (χ0) is 22.7. The molecule has 0 bridgehead atoms. The summed E-state index contributed by atoms with van der Waals surface area (Å²) < 4.78 is 24.5. The average Bonchev–Trinajstić information content (AvgIpc) is 3.47. The first-order valence-electron chi connectivity index (χ1n) is 10.4. The number of primary sulfonamides is 1. The lowest BCUT2D eigenvalue weighted by Gasteiger charge is -2.28. The highest BCUT2D eigenvalue weighted by atomic mass is 32.2. The maximum Gasteiger partial charge on any atom is 0.248 e. The molecule has 1 saturated heterocycles.